The highest BCUT2D eigenvalue weighted by atomic mass is 32.2. The van der Waals surface area contributed by atoms with E-state index in [1.54, 1.807) is 0 Å². The first-order valence-corrected chi connectivity index (χ1v) is 4.00. The third-order valence-corrected chi connectivity index (χ3v) is 1.51. The topological polar surface area (TPSA) is 26.3 Å². The first-order valence-electron chi connectivity index (χ1n) is 3.19. The molecule has 0 amide bonds. The summed E-state index contributed by atoms with van der Waals surface area (Å²) in [5.74, 6) is 0. The molecule has 0 saturated heterocycles. The third kappa shape index (κ3) is 3.20. The average Bonchev–Trinajstić information content (AvgIpc) is 2.07. The highest BCUT2D eigenvalue weighted by molar-refractivity contribution is 8.07. The van der Waals surface area contributed by atoms with Crippen LogP contribution in [0.5, 0.6) is 0 Å². The maximum Gasteiger partial charge on any atom is 0.202 e. The van der Waals surface area contributed by atoms with Crippen LogP contribution in [-0.4, -0.2) is 5.62 Å². The minimum absolute atomic E-state index is 0.476. The second kappa shape index (κ2) is 4.93. The van der Waals surface area contributed by atoms with Crippen LogP contribution in [-0.2, 0) is 15.6 Å². The van der Waals surface area contributed by atoms with Gasteiger partial charge in [0.2, 0.25) is 5.62 Å². The summed E-state index contributed by atoms with van der Waals surface area (Å²) in [5, 5.41) is 0. The Balaban J connectivity index is 2.33. The van der Waals surface area contributed by atoms with Gasteiger partial charge in [0.15, 0.2) is 0 Å². The van der Waals surface area contributed by atoms with Gasteiger partial charge in [0.05, 0.1) is 18.6 Å². The Morgan fingerprint density at radius 3 is 2.73 bits per heavy atom. The van der Waals surface area contributed by atoms with E-state index in [1.807, 2.05) is 30.3 Å². The number of hydrogen-bond acceptors (Lipinski definition) is 3. The molecule has 0 N–H and O–H groups in total. The predicted molar refractivity (Wildman–Crippen MR) is 45.6 cm³/mol. The molecule has 2 nitrogen and oxygen atoms in total. The molecule has 0 aliphatic heterocycles. The van der Waals surface area contributed by atoms with E-state index >= 15 is 0 Å². The molecule has 0 spiro atoms. The van der Waals surface area contributed by atoms with Crippen LogP contribution in [0.3, 0.4) is 0 Å². The third-order valence-electron chi connectivity index (χ3n) is 1.18. The van der Waals surface area contributed by atoms with Gasteiger partial charge in [-0.2, -0.15) is 0 Å². The molecule has 0 aliphatic carbocycles. The molecule has 0 atom stereocenters. The number of carbonyl (C=O) groups excluding carboxylic acids is 1. The Labute approximate surface area is 69.8 Å². The van der Waals surface area contributed by atoms with Crippen LogP contribution in [0.2, 0.25) is 0 Å². The SMILES string of the molecule is O=CSOCc1ccccc1. The van der Waals surface area contributed by atoms with E-state index < -0.39 is 0 Å². The van der Waals surface area contributed by atoms with E-state index in [0.717, 1.165) is 17.6 Å². The first kappa shape index (κ1) is 8.30. The van der Waals surface area contributed by atoms with Gasteiger partial charge in [0, 0.05) is 0 Å². The van der Waals surface area contributed by atoms with E-state index in [0.29, 0.717) is 12.2 Å². The zero-order chi connectivity index (χ0) is 7.94. The van der Waals surface area contributed by atoms with Crippen molar-refractivity contribution >= 4 is 17.7 Å². The summed E-state index contributed by atoms with van der Waals surface area (Å²) in [5.41, 5.74) is 1.74. The molecule has 0 aliphatic rings. The molecule has 0 bridgehead atoms. The lowest BCUT2D eigenvalue weighted by Crippen LogP contribution is -1.83. The number of rotatable bonds is 4. The second-order valence-corrected chi connectivity index (χ2v) is 2.56. The Kier molecular flexibility index (Phi) is 3.72. The van der Waals surface area contributed by atoms with Crippen molar-refractivity contribution in [2.45, 2.75) is 6.61 Å². The quantitative estimate of drug-likeness (QED) is 0.391. The lowest BCUT2D eigenvalue weighted by atomic mass is 10.2. The van der Waals surface area contributed by atoms with Crippen LogP contribution in [0.15, 0.2) is 30.3 Å². The second-order valence-electron chi connectivity index (χ2n) is 1.94. The normalized spacial score (nSPS) is 9.45. The van der Waals surface area contributed by atoms with Crippen molar-refractivity contribution in [3.05, 3.63) is 35.9 Å². The number of carbonyl (C=O) groups is 1. The number of hydrogen-bond donors (Lipinski definition) is 0. The van der Waals surface area contributed by atoms with Gasteiger partial charge in [0.1, 0.15) is 0 Å². The van der Waals surface area contributed by atoms with Gasteiger partial charge in [-0.3, -0.25) is 4.79 Å². The van der Waals surface area contributed by atoms with Gasteiger partial charge in [-0.15, -0.1) is 0 Å². The van der Waals surface area contributed by atoms with E-state index in [-0.39, 0.29) is 0 Å². The zero-order valence-electron chi connectivity index (χ0n) is 5.90. The fourth-order valence-electron chi connectivity index (χ4n) is 0.704. The summed E-state index contributed by atoms with van der Waals surface area (Å²) in [6.45, 7) is 0.476. The van der Waals surface area contributed by atoms with Crippen LogP contribution in [0.25, 0.3) is 0 Å². The van der Waals surface area contributed by atoms with Crippen molar-refractivity contribution in [3.8, 4) is 0 Å². The van der Waals surface area contributed by atoms with Crippen LogP contribution in [0.1, 0.15) is 5.56 Å². The average molecular weight is 168 g/mol. The molecule has 0 heterocycles. The van der Waals surface area contributed by atoms with Crippen molar-refractivity contribution < 1.29 is 8.98 Å². The molecule has 3 heteroatoms. The van der Waals surface area contributed by atoms with Crippen LogP contribution >= 0.6 is 12.0 Å². The molecule has 58 valence electrons. The summed E-state index contributed by atoms with van der Waals surface area (Å²) in [6.07, 6.45) is 0. The van der Waals surface area contributed by atoms with E-state index in [2.05, 4.69) is 0 Å². The summed E-state index contributed by atoms with van der Waals surface area (Å²) in [4.78, 5) is 9.83. The largest absolute Gasteiger partial charge is 0.303 e. The lowest BCUT2D eigenvalue weighted by molar-refractivity contribution is 0.367. The van der Waals surface area contributed by atoms with Crippen LogP contribution < -0.4 is 0 Å². The summed E-state index contributed by atoms with van der Waals surface area (Å²) in [7, 11) is 0. The highest BCUT2D eigenvalue weighted by Crippen LogP contribution is 2.05. The molecule has 11 heavy (non-hydrogen) atoms. The van der Waals surface area contributed by atoms with Gasteiger partial charge < -0.3 is 4.18 Å². The van der Waals surface area contributed by atoms with Gasteiger partial charge >= 0.3 is 0 Å². The standard InChI is InChI=1S/C8H8O2S/c9-7-11-10-6-8-4-2-1-3-5-8/h1-5,7H,6H2. The molecule has 0 saturated carbocycles. The van der Waals surface area contributed by atoms with Crippen molar-refractivity contribution in [3.63, 3.8) is 0 Å². The van der Waals surface area contributed by atoms with Gasteiger partial charge in [-0.05, 0) is 5.56 Å². The fraction of sp³-hybridized carbons (Fsp3) is 0.125. The van der Waals surface area contributed by atoms with Crippen molar-refractivity contribution in [2.24, 2.45) is 0 Å². The van der Waals surface area contributed by atoms with Crippen molar-refractivity contribution in [1.29, 1.82) is 0 Å². The fourth-order valence-corrected chi connectivity index (χ4v) is 0.964. The smallest absolute Gasteiger partial charge is 0.202 e. The minimum atomic E-state index is 0.476. The van der Waals surface area contributed by atoms with Crippen LogP contribution in [0, 0.1) is 0 Å². The van der Waals surface area contributed by atoms with E-state index in [1.165, 1.54) is 0 Å². The molecule has 1 rings (SSSR count). The molecular formula is C8H8O2S. The van der Waals surface area contributed by atoms with Crippen molar-refractivity contribution in [2.75, 3.05) is 0 Å². The zero-order valence-corrected chi connectivity index (χ0v) is 6.71. The van der Waals surface area contributed by atoms with E-state index in [4.69, 9.17) is 4.18 Å². The maximum absolute atomic E-state index is 9.83. The Bertz CT molecular complexity index is 211. The lowest BCUT2D eigenvalue weighted by Gasteiger charge is -1.96. The number of benzene rings is 1. The molecule has 0 radical (unpaired) electrons. The Hall–Kier alpha value is -0.800. The molecule has 1 aromatic rings. The van der Waals surface area contributed by atoms with E-state index in [9.17, 15) is 4.79 Å². The molecular weight excluding hydrogens is 160 g/mol. The monoisotopic (exact) mass is 168 g/mol. The van der Waals surface area contributed by atoms with Gasteiger partial charge in [-0.25, -0.2) is 0 Å². The van der Waals surface area contributed by atoms with Gasteiger partial charge in [0.25, 0.3) is 0 Å². The summed E-state index contributed by atoms with van der Waals surface area (Å²) < 4.78 is 4.92. The molecule has 0 aromatic heterocycles. The first-order chi connectivity index (χ1) is 5.43. The Morgan fingerprint density at radius 1 is 1.36 bits per heavy atom. The summed E-state index contributed by atoms with van der Waals surface area (Å²) in [6, 6.07) is 9.71. The predicted octanol–water partition coefficient (Wildman–Crippen LogP) is 2.04. The Morgan fingerprint density at radius 2 is 2.09 bits per heavy atom. The maximum atomic E-state index is 9.83. The van der Waals surface area contributed by atoms with Crippen molar-refractivity contribution in [1.82, 2.24) is 0 Å². The molecule has 0 fully saturated rings. The van der Waals surface area contributed by atoms with Gasteiger partial charge in [-0.1, -0.05) is 30.3 Å². The molecule has 1 aromatic carbocycles. The summed E-state index contributed by atoms with van der Waals surface area (Å²) >= 11 is 0.822. The molecule has 0 unspecified atom stereocenters. The van der Waals surface area contributed by atoms with Crippen LogP contribution in [0.4, 0.5) is 0 Å². The minimum Gasteiger partial charge on any atom is -0.303 e. The highest BCUT2D eigenvalue weighted by Gasteiger charge is 1.89.